The molecule has 4 atom stereocenters. The van der Waals surface area contributed by atoms with E-state index in [9.17, 15) is 32.5 Å². The molecule has 216 valence electrons. The molecule has 11 nitrogen and oxygen atoms in total. The number of hydrogen-bond donors (Lipinski definition) is 5. The van der Waals surface area contributed by atoms with Crippen LogP contribution in [0.25, 0.3) is 6.08 Å². The van der Waals surface area contributed by atoms with Crippen molar-refractivity contribution in [1.82, 2.24) is 16.0 Å². The van der Waals surface area contributed by atoms with Gasteiger partial charge in [-0.25, -0.2) is 4.79 Å². The zero-order valence-corrected chi connectivity index (χ0v) is 23.1. The Kier molecular flexibility index (Phi) is 11.6. The fourth-order valence-corrected chi connectivity index (χ4v) is 5.80. The summed E-state index contributed by atoms with van der Waals surface area (Å²) in [5, 5.41) is 18.5. The van der Waals surface area contributed by atoms with Crippen LogP contribution in [0.3, 0.4) is 0 Å². The first-order valence-electron chi connectivity index (χ1n) is 13.1. The van der Waals surface area contributed by atoms with Gasteiger partial charge in [-0.2, -0.15) is 8.42 Å². The zero-order chi connectivity index (χ0) is 28.4. The largest absolute Gasteiger partial charge is 0.445 e. The van der Waals surface area contributed by atoms with Crippen LogP contribution in [0.2, 0.25) is 5.02 Å². The number of aliphatic hydroxyl groups excluding tert-OH is 1. The maximum absolute atomic E-state index is 13.3. The Bertz CT molecular complexity index is 1140. The van der Waals surface area contributed by atoms with E-state index in [4.69, 9.17) is 16.3 Å². The summed E-state index contributed by atoms with van der Waals surface area (Å²) in [5.74, 6) is -1.56. The Morgan fingerprint density at radius 3 is 2.54 bits per heavy atom. The standard InChI is InChI=1S/C26H36ClN3O8S/c27-20-10-4-8-17(14-20)9-5-13-38-26(34)30-21(15-18-6-2-1-3-7-18)24(32)29-22(25(33)39(35,36)37)16-19-11-12-28-23(19)31/h4-5,8-10,14,18-19,21-22,25,33H,1-3,6-7,11-13,15-16H2,(H,28,31)(H,29,32)(H,30,34)(H,35,36,37)/b9-5+/t19-,21-,22-,25?/m0/s1. The van der Waals surface area contributed by atoms with Crippen molar-refractivity contribution in [2.45, 2.75) is 68.9 Å². The van der Waals surface area contributed by atoms with Crippen molar-refractivity contribution in [2.24, 2.45) is 11.8 Å². The average Bonchev–Trinajstić information content (AvgIpc) is 3.29. The molecule has 0 bridgehead atoms. The molecule has 1 aromatic carbocycles. The number of benzene rings is 1. The summed E-state index contributed by atoms with van der Waals surface area (Å²) in [6.07, 6.45) is 7.82. The molecule has 1 aliphatic carbocycles. The molecule has 1 aromatic rings. The van der Waals surface area contributed by atoms with Crippen LogP contribution in [0.1, 0.15) is 56.9 Å². The number of aliphatic hydroxyl groups is 1. The quantitative estimate of drug-likeness (QED) is 0.233. The van der Waals surface area contributed by atoms with Gasteiger partial charge in [0.1, 0.15) is 12.6 Å². The first-order chi connectivity index (χ1) is 18.5. The first kappa shape index (κ1) is 30.9. The molecular formula is C26H36ClN3O8S. The minimum absolute atomic E-state index is 0.0724. The highest BCUT2D eigenvalue weighted by Gasteiger charge is 2.38. The maximum Gasteiger partial charge on any atom is 0.408 e. The smallest absolute Gasteiger partial charge is 0.408 e. The number of carbonyl (C=O) groups is 3. The van der Waals surface area contributed by atoms with Gasteiger partial charge in [0.2, 0.25) is 17.3 Å². The number of alkyl carbamates (subject to hydrolysis) is 1. The van der Waals surface area contributed by atoms with Crippen molar-refractivity contribution in [3.8, 4) is 0 Å². The SMILES string of the molecule is O=C(N[C@@H](CC1CCCCC1)C(=O)N[C@@H](C[C@@H]1CCNC1=O)C(O)S(=O)(=O)O)OC/C=C/c1cccc(Cl)c1. The van der Waals surface area contributed by atoms with Gasteiger partial charge >= 0.3 is 6.09 Å². The van der Waals surface area contributed by atoms with Gasteiger partial charge < -0.3 is 25.8 Å². The molecule has 3 amide bonds. The van der Waals surface area contributed by atoms with Crippen LogP contribution in [0, 0.1) is 11.8 Å². The van der Waals surface area contributed by atoms with Crippen molar-refractivity contribution < 1.29 is 37.2 Å². The molecule has 39 heavy (non-hydrogen) atoms. The molecule has 2 fully saturated rings. The van der Waals surface area contributed by atoms with E-state index in [1.807, 2.05) is 6.07 Å². The number of rotatable bonds is 12. The number of amides is 3. The van der Waals surface area contributed by atoms with E-state index >= 15 is 0 Å². The minimum atomic E-state index is -4.94. The summed E-state index contributed by atoms with van der Waals surface area (Å²) >= 11 is 5.96. The monoisotopic (exact) mass is 585 g/mol. The third-order valence-electron chi connectivity index (χ3n) is 7.05. The lowest BCUT2D eigenvalue weighted by atomic mass is 9.84. The van der Waals surface area contributed by atoms with Crippen LogP contribution in [0.4, 0.5) is 4.79 Å². The number of ether oxygens (including phenoxy) is 1. The van der Waals surface area contributed by atoms with Crippen LogP contribution >= 0.6 is 11.6 Å². The number of nitrogens with one attached hydrogen (secondary N) is 3. The van der Waals surface area contributed by atoms with Crippen molar-refractivity contribution in [1.29, 1.82) is 0 Å². The highest BCUT2D eigenvalue weighted by atomic mass is 35.5. The molecule has 5 N–H and O–H groups in total. The van der Waals surface area contributed by atoms with Gasteiger partial charge in [-0.3, -0.25) is 14.1 Å². The lowest BCUT2D eigenvalue weighted by molar-refractivity contribution is -0.126. The van der Waals surface area contributed by atoms with Gasteiger partial charge in [-0.15, -0.1) is 0 Å². The minimum Gasteiger partial charge on any atom is -0.445 e. The van der Waals surface area contributed by atoms with E-state index in [1.54, 1.807) is 30.4 Å². The molecule has 0 spiro atoms. The highest BCUT2D eigenvalue weighted by molar-refractivity contribution is 7.86. The Balaban J connectivity index is 1.66. The summed E-state index contributed by atoms with van der Waals surface area (Å²) < 4.78 is 38.0. The van der Waals surface area contributed by atoms with Gasteiger partial charge in [-0.05, 0) is 49.0 Å². The van der Waals surface area contributed by atoms with Crippen LogP contribution < -0.4 is 16.0 Å². The molecule has 1 aliphatic heterocycles. The molecule has 1 saturated carbocycles. The van der Waals surface area contributed by atoms with Crippen LogP contribution in [-0.2, 0) is 24.4 Å². The van der Waals surface area contributed by atoms with Crippen molar-refractivity contribution in [2.75, 3.05) is 13.2 Å². The van der Waals surface area contributed by atoms with E-state index in [-0.39, 0.29) is 31.3 Å². The van der Waals surface area contributed by atoms with Crippen LogP contribution in [-0.4, -0.2) is 66.7 Å². The van der Waals surface area contributed by atoms with Gasteiger partial charge in [0.15, 0.2) is 0 Å². The van der Waals surface area contributed by atoms with Gasteiger partial charge in [0.05, 0.1) is 6.04 Å². The normalized spacial score (nSPS) is 20.7. The van der Waals surface area contributed by atoms with E-state index in [2.05, 4.69) is 16.0 Å². The predicted molar refractivity (Wildman–Crippen MR) is 145 cm³/mol. The van der Waals surface area contributed by atoms with E-state index in [0.717, 1.165) is 37.7 Å². The second-order valence-electron chi connectivity index (χ2n) is 10.0. The van der Waals surface area contributed by atoms with Crippen molar-refractivity contribution in [3.05, 3.63) is 40.9 Å². The Hall–Kier alpha value is -2.67. The lowest BCUT2D eigenvalue weighted by Crippen LogP contribution is -2.55. The van der Waals surface area contributed by atoms with Crippen molar-refractivity contribution in [3.63, 3.8) is 0 Å². The predicted octanol–water partition coefficient (Wildman–Crippen LogP) is 2.64. The zero-order valence-electron chi connectivity index (χ0n) is 21.6. The number of halogens is 1. The molecule has 1 unspecified atom stereocenters. The second-order valence-corrected chi connectivity index (χ2v) is 12.0. The van der Waals surface area contributed by atoms with Crippen LogP contribution in [0.15, 0.2) is 30.3 Å². The highest BCUT2D eigenvalue weighted by Crippen LogP contribution is 2.28. The molecule has 2 aliphatic rings. The lowest BCUT2D eigenvalue weighted by Gasteiger charge is -2.29. The molecule has 0 radical (unpaired) electrons. The molecule has 1 saturated heterocycles. The molecule has 0 aromatic heterocycles. The summed E-state index contributed by atoms with van der Waals surface area (Å²) in [7, 11) is -4.94. The fraction of sp³-hybridized carbons (Fsp3) is 0.577. The van der Waals surface area contributed by atoms with E-state index in [0.29, 0.717) is 18.0 Å². The van der Waals surface area contributed by atoms with Gasteiger partial charge in [0, 0.05) is 17.5 Å². The Morgan fingerprint density at radius 2 is 1.90 bits per heavy atom. The fourth-order valence-electron chi connectivity index (χ4n) is 5.00. The third kappa shape index (κ3) is 10.1. The molecule has 1 heterocycles. The topological polar surface area (TPSA) is 171 Å². The summed E-state index contributed by atoms with van der Waals surface area (Å²) in [6, 6.07) is 4.56. The molecule has 13 heteroatoms. The van der Waals surface area contributed by atoms with Crippen LogP contribution in [0.5, 0.6) is 0 Å². The molecular weight excluding hydrogens is 550 g/mol. The second kappa shape index (κ2) is 14.6. The maximum atomic E-state index is 13.3. The van der Waals surface area contributed by atoms with E-state index < -0.39 is 45.6 Å². The average molecular weight is 586 g/mol. The summed E-state index contributed by atoms with van der Waals surface area (Å²) in [4.78, 5) is 37.9. The molecule has 3 rings (SSSR count). The Morgan fingerprint density at radius 1 is 1.15 bits per heavy atom. The van der Waals surface area contributed by atoms with Gasteiger partial charge in [-0.1, -0.05) is 61.9 Å². The number of carbonyl (C=O) groups excluding carboxylic acids is 3. The van der Waals surface area contributed by atoms with E-state index in [1.165, 1.54) is 0 Å². The summed E-state index contributed by atoms with van der Waals surface area (Å²) in [5.41, 5.74) is -1.52. The summed E-state index contributed by atoms with van der Waals surface area (Å²) in [6.45, 7) is 0.312. The van der Waals surface area contributed by atoms with Gasteiger partial charge in [0.25, 0.3) is 10.1 Å². The third-order valence-corrected chi connectivity index (χ3v) is 8.22. The first-order valence-corrected chi connectivity index (χ1v) is 15.0. The van der Waals surface area contributed by atoms with Crippen molar-refractivity contribution >= 4 is 45.7 Å². The Labute approximate surface area is 233 Å². The number of hydrogen-bond acceptors (Lipinski definition) is 7.